The van der Waals surface area contributed by atoms with E-state index < -0.39 is 0 Å². The number of methoxy groups -OCH3 is 1. The van der Waals surface area contributed by atoms with Gasteiger partial charge in [0.1, 0.15) is 12.9 Å². The van der Waals surface area contributed by atoms with Crippen LogP contribution in [0.4, 0.5) is 0 Å². The first-order chi connectivity index (χ1) is 8.79. The minimum atomic E-state index is -0.278. The van der Waals surface area contributed by atoms with Crippen LogP contribution in [0, 0.1) is 0 Å². The second-order valence-electron chi connectivity index (χ2n) is 3.83. The van der Waals surface area contributed by atoms with Crippen molar-refractivity contribution in [3.63, 3.8) is 0 Å². The molecule has 0 amide bonds. The first kappa shape index (κ1) is 12.2. The standard InChI is InChI=1S/C13H15N3O2/c1-18-13(17)10-16(15-8-7-14-11-15)9-12-5-3-2-4-6-12/h2-8,11H,9-10H2,1H3. The van der Waals surface area contributed by atoms with Gasteiger partial charge < -0.3 is 4.74 Å². The highest BCUT2D eigenvalue weighted by molar-refractivity contribution is 5.73. The molecule has 1 aromatic carbocycles. The maximum absolute atomic E-state index is 11.4. The summed E-state index contributed by atoms with van der Waals surface area (Å²) in [5.74, 6) is -0.278. The second-order valence-corrected chi connectivity index (χ2v) is 3.83. The molecule has 0 aliphatic rings. The van der Waals surface area contributed by atoms with E-state index in [1.807, 2.05) is 35.3 Å². The maximum atomic E-state index is 11.4. The van der Waals surface area contributed by atoms with Crippen LogP contribution < -0.4 is 5.01 Å². The van der Waals surface area contributed by atoms with Crippen molar-refractivity contribution in [2.45, 2.75) is 6.54 Å². The van der Waals surface area contributed by atoms with Crippen molar-refractivity contribution in [3.05, 3.63) is 54.6 Å². The summed E-state index contributed by atoms with van der Waals surface area (Å²) in [4.78, 5) is 15.4. The predicted octanol–water partition coefficient (Wildman–Crippen LogP) is 1.19. The zero-order valence-corrected chi connectivity index (χ0v) is 10.2. The summed E-state index contributed by atoms with van der Waals surface area (Å²) in [7, 11) is 1.39. The highest BCUT2D eigenvalue weighted by atomic mass is 16.5. The summed E-state index contributed by atoms with van der Waals surface area (Å²) in [5, 5.41) is 1.86. The number of ether oxygens (including phenoxy) is 1. The van der Waals surface area contributed by atoms with E-state index in [0.29, 0.717) is 6.54 Å². The van der Waals surface area contributed by atoms with Crippen LogP contribution in [-0.4, -0.2) is 29.3 Å². The average molecular weight is 245 g/mol. The molecule has 94 valence electrons. The SMILES string of the molecule is COC(=O)CN(Cc1ccccc1)n1ccnc1. The van der Waals surface area contributed by atoms with Crippen molar-refractivity contribution in [2.75, 3.05) is 18.7 Å². The highest BCUT2D eigenvalue weighted by Crippen LogP contribution is 2.04. The number of carbonyl (C=O) groups excluding carboxylic acids is 1. The monoisotopic (exact) mass is 245 g/mol. The van der Waals surface area contributed by atoms with Gasteiger partial charge in [0, 0.05) is 12.4 Å². The molecule has 0 aliphatic heterocycles. The Morgan fingerprint density at radius 1 is 1.39 bits per heavy atom. The molecule has 5 heteroatoms. The topological polar surface area (TPSA) is 47.4 Å². The van der Waals surface area contributed by atoms with Crippen molar-refractivity contribution in [3.8, 4) is 0 Å². The van der Waals surface area contributed by atoms with Gasteiger partial charge in [-0.3, -0.25) is 14.5 Å². The fourth-order valence-corrected chi connectivity index (χ4v) is 1.65. The lowest BCUT2D eigenvalue weighted by Gasteiger charge is -2.24. The normalized spacial score (nSPS) is 10.1. The van der Waals surface area contributed by atoms with Crippen LogP contribution in [0.1, 0.15) is 5.56 Å². The van der Waals surface area contributed by atoms with Gasteiger partial charge in [-0.2, -0.15) is 0 Å². The summed E-state index contributed by atoms with van der Waals surface area (Å²) in [6.45, 7) is 0.800. The Morgan fingerprint density at radius 2 is 2.17 bits per heavy atom. The summed E-state index contributed by atoms with van der Waals surface area (Å²) in [6.07, 6.45) is 5.13. The number of hydrogen-bond donors (Lipinski definition) is 0. The second kappa shape index (κ2) is 5.86. The molecule has 1 heterocycles. The third-order valence-electron chi connectivity index (χ3n) is 2.56. The number of rotatable bonds is 5. The smallest absolute Gasteiger partial charge is 0.326 e. The quantitative estimate of drug-likeness (QED) is 0.742. The molecule has 2 rings (SSSR count). The van der Waals surface area contributed by atoms with Gasteiger partial charge in [0.25, 0.3) is 0 Å². The molecule has 0 bridgehead atoms. The Hall–Kier alpha value is -2.30. The fraction of sp³-hybridized carbons (Fsp3) is 0.231. The zero-order chi connectivity index (χ0) is 12.8. The molecule has 0 fully saturated rings. The van der Waals surface area contributed by atoms with E-state index in [4.69, 9.17) is 4.74 Å². The number of benzene rings is 1. The van der Waals surface area contributed by atoms with Gasteiger partial charge in [-0.25, -0.2) is 4.98 Å². The van der Waals surface area contributed by atoms with Gasteiger partial charge in [-0.05, 0) is 5.56 Å². The Morgan fingerprint density at radius 3 is 2.78 bits per heavy atom. The lowest BCUT2D eigenvalue weighted by Crippen LogP contribution is -2.38. The number of hydrogen-bond acceptors (Lipinski definition) is 4. The van der Waals surface area contributed by atoms with E-state index in [0.717, 1.165) is 5.56 Å². The number of aromatic nitrogens is 2. The first-order valence-corrected chi connectivity index (χ1v) is 5.63. The highest BCUT2D eigenvalue weighted by Gasteiger charge is 2.11. The Balaban J connectivity index is 2.12. The third-order valence-corrected chi connectivity index (χ3v) is 2.56. The van der Waals surface area contributed by atoms with E-state index in [2.05, 4.69) is 4.98 Å². The molecule has 0 saturated carbocycles. The van der Waals surface area contributed by atoms with Crippen LogP contribution in [0.5, 0.6) is 0 Å². The number of carbonyl (C=O) groups is 1. The van der Waals surface area contributed by atoms with Gasteiger partial charge in [-0.15, -0.1) is 0 Å². The molecule has 0 spiro atoms. The molecule has 0 aliphatic carbocycles. The summed E-state index contributed by atoms with van der Waals surface area (Å²) in [6, 6.07) is 9.94. The van der Waals surface area contributed by atoms with Crippen molar-refractivity contribution in [1.29, 1.82) is 0 Å². The van der Waals surface area contributed by atoms with Crippen LogP contribution in [0.25, 0.3) is 0 Å². The van der Waals surface area contributed by atoms with E-state index in [1.54, 1.807) is 23.4 Å². The Bertz CT molecular complexity index is 482. The van der Waals surface area contributed by atoms with Crippen molar-refractivity contribution in [2.24, 2.45) is 0 Å². The summed E-state index contributed by atoms with van der Waals surface area (Å²) >= 11 is 0. The minimum absolute atomic E-state index is 0.182. The van der Waals surface area contributed by atoms with Crippen LogP contribution in [0.2, 0.25) is 0 Å². The van der Waals surface area contributed by atoms with Crippen molar-refractivity contribution < 1.29 is 9.53 Å². The molecule has 0 radical (unpaired) electrons. The third kappa shape index (κ3) is 3.10. The largest absolute Gasteiger partial charge is 0.468 e. The molecule has 0 N–H and O–H groups in total. The Kier molecular flexibility index (Phi) is 3.96. The molecule has 2 aromatic rings. The Labute approximate surface area is 106 Å². The maximum Gasteiger partial charge on any atom is 0.326 e. The first-order valence-electron chi connectivity index (χ1n) is 5.63. The molecule has 0 atom stereocenters. The van der Waals surface area contributed by atoms with Crippen molar-refractivity contribution >= 4 is 5.97 Å². The molecular weight excluding hydrogens is 230 g/mol. The van der Waals surface area contributed by atoms with Crippen LogP contribution in [0.3, 0.4) is 0 Å². The van der Waals surface area contributed by atoms with E-state index in [-0.39, 0.29) is 12.5 Å². The predicted molar refractivity (Wildman–Crippen MR) is 67.5 cm³/mol. The van der Waals surface area contributed by atoms with Gasteiger partial charge in [0.15, 0.2) is 0 Å². The lowest BCUT2D eigenvalue weighted by molar-refractivity contribution is -0.139. The molecule has 5 nitrogen and oxygen atoms in total. The molecule has 0 unspecified atom stereocenters. The molecule has 1 aromatic heterocycles. The fourth-order valence-electron chi connectivity index (χ4n) is 1.65. The average Bonchev–Trinajstić information content (AvgIpc) is 2.93. The molecule has 0 saturated heterocycles. The number of esters is 1. The molecular formula is C13H15N3O2. The van der Waals surface area contributed by atoms with Gasteiger partial charge in [-0.1, -0.05) is 30.3 Å². The van der Waals surface area contributed by atoms with Crippen LogP contribution >= 0.6 is 0 Å². The lowest BCUT2D eigenvalue weighted by atomic mass is 10.2. The van der Waals surface area contributed by atoms with E-state index >= 15 is 0 Å². The van der Waals surface area contributed by atoms with E-state index in [9.17, 15) is 4.79 Å². The van der Waals surface area contributed by atoms with Crippen LogP contribution in [-0.2, 0) is 16.1 Å². The van der Waals surface area contributed by atoms with Crippen LogP contribution in [0.15, 0.2) is 49.1 Å². The molecule has 18 heavy (non-hydrogen) atoms. The van der Waals surface area contributed by atoms with Crippen molar-refractivity contribution in [1.82, 2.24) is 9.66 Å². The van der Waals surface area contributed by atoms with Gasteiger partial charge >= 0.3 is 5.97 Å². The van der Waals surface area contributed by atoms with E-state index in [1.165, 1.54) is 7.11 Å². The zero-order valence-electron chi connectivity index (χ0n) is 10.2. The number of imidazole rings is 1. The van der Waals surface area contributed by atoms with Gasteiger partial charge in [0.05, 0.1) is 13.7 Å². The number of nitrogens with zero attached hydrogens (tertiary/aromatic N) is 3. The summed E-state index contributed by atoms with van der Waals surface area (Å²) < 4.78 is 6.48. The minimum Gasteiger partial charge on any atom is -0.468 e. The van der Waals surface area contributed by atoms with Gasteiger partial charge in [0.2, 0.25) is 0 Å². The summed E-state index contributed by atoms with van der Waals surface area (Å²) in [5.41, 5.74) is 1.12.